The summed E-state index contributed by atoms with van der Waals surface area (Å²) < 4.78 is 13.3. The van der Waals surface area contributed by atoms with Gasteiger partial charge in [0.05, 0.1) is 0 Å². The Kier molecular flexibility index (Phi) is 6.81. The normalized spacial score (nSPS) is 11.1. The van der Waals surface area contributed by atoms with Gasteiger partial charge in [-0.1, -0.05) is 0 Å². The van der Waals surface area contributed by atoms with Crippen LogP contribution < -0.4 is 10.6 Å². The number of hydrogen-bond acceptors (Lipinski definition) is 3. The van der Waals surface area contributed by atoms with E-state index in [4.69, 9.17) is 5.73 Å². The van der Waals surface area contributed by atoms with Gasteiger partial charge >= 0.3 is 0 Å². The van der Waals surface area contributed by atoms with E-state index in [2.05, 4.69) is 30.8 Å². The van der Waals surface area contributed by atoms with Crippen LogP contribution in [0.15, 0.2) is 18.2 Å². The maximum Gasteiger partial charge on any atom is 0.123 e. The maximum atomic E-state index is 13.3. The van der Waals surface area contributed by atoms with Gasteiger partial charge in [-0.3, -0.25) is 0 Å². The van der Waals surface area contributed by atoms with Crippen molar-refractivity contribution in [1.29, 1.82) is 0 Å². The highest BCUT2D eigenvalue weighted by Crippen LogP contribution is 2.22. The smallest absolute Gasteiger partial charge is 0.123 e. The number of nitrogens with two attached hydrogens (primary N) is 1. The van der Waals surface area contributed by atoms with Gasteiger partial charge in [-0.25, -0.2) is 4.39 Å². The van der Waals surface area contributed by atoms with Crippen LogP contribution in [0.5, 0.6) is 0 Å². The van der Waals surface area contributed by atoms with E-state index in [1.807, 2.05) is 6.07 Å². The number of nitrogens with zero attached hydrogens (tertiary/aromatic N) is 2. The van der Waals surface area contributed by atoms with Crippen molar-refractivity contribution in [1.82, 2.24) is 4.90 Å². The Hall–Kier alpha value is -1.13. The molecule has 108 valence electrons. The summed E-state index contributed by atoms with van der Waals surface area (Å²) in [6.07, 6.45) is 1.82. The predicted octanol–water partition coefficient (Wildman–Crippen LogP) is 2.10. The Labute approximate surface area is 116 Å². The summed E-state index contributed by atoms with van der Waals surface area (Å²) in [7, 11) is 4.15. The number of hydrogen-bond donors (Lipinski definition) is 1. The fourth-order valence-electron chi connectivity index (χ4n) is 2.25. The summed E-state index contributed by atoms with van der Waals surface area (Å²) in [5.41, 5.74) is 7.74. The molecule has 19 heavy (non-hydrogen) atoms. The van der Waals surface area contributed by atoms with Crippen molar-refractivity contribution < 1.29 is 4.39 Å². The van der Waals surface area contributed by atoms with Gasteiger partial charge in [0, 0.05) is 18.8 Å². The van der Waals surface area contributed by atoms with Crippen LogP contribution in [0.4, 0.5) is 10.1 Å². The van der Waals surface area contributed by atoms with Crippen LogP contribution in [0, 0.1) is 5.82 Å². The first-order chi connectivity index (χ1) is 9.08. The number of rotatable bonds is 8. The first-order valence-corrected chi connectivity index (χ1v) is 6.96. The second kappa shape index (κ2) is 8.12. The summed E-state index contributed by atoms with van der Waals surface area (Å²) in [4.78, 5) is 4.48. The third-order valence-corrected chi connectivity index (χ3v) is 3.21. The molecule has 0 atom stereocenters. The fourth-order valence-corrected chi connectivity index (χ4v) is 2.25. The van der Waals surface area contributed by atoms with E-state index >= 15 is 0 Å². The third kappa shape index (κ3) is 5.17. The fraction of sp³-hybridized carbons (Fsp3) is 0.600. The summed E-state index contributed by atoms with van der Waals surface area (Å²) >= 11 is 0. The molecule has 0 aliphatic heterocycles. The van der Waals surface area contributed by atoms with Crippen LogP contribution in [0.25, 0.3) is 0 Å². The van der Waals surface area contributed by atoms with Crippen LogP contribution in [-0.2, 0) is 6.42 Å². The second-order valence-electron chi connectivity index (χ2n) is 5.05. The molecular formula is C15H26FN3. The number of halogens is 1. The van der Waals surface area contributed by atoms with Crippen molar-refractivity contribution >= 4 is 5.69 Å². The van der Waals surface area contributed by atoms with Crippen LogP contribution in [-0.4, -0.2) is 45.2 Å². The highest BCUT2D eigenvalue weighted by Gasteiger charge is 2.10. The molecule has 3 nitrogen and oxygen atoms in total. The standard InChI is InChI=1S/C15H26FN3/c1-4-19(11-5-10-18(2)3)15-7-6-14(16)12-13(15)8-9-17/h6-7,12H,4-5,8-11,17H2,1-3H3. The van der Waals surface area contributed by atoms with Gasteiger partial charge in [0.2, 0.25) is 0 Å². The molecule has 0 saturated carbocycles. The van der Waals surface area contributed by atoms with E-state index < -0.39 is 0 Å². The predicted molar refractivity (Wildman–Crippen MR) is 80.2 cm³/mol. The van der Waals surface area contributed by atoms with Crippen molar-refractivity contribution in [3.8, 4) is 0 Å². The largest absolute Gasteiger partial charge is 0.372 e. The first kappa shape index (κ1) is 15.9. The van der Waals surface area contributed by atoms with Gasteiger partial charge in [-0.05, 0) is 70.7 Å². The Balaban J connectivity index is 2.78. The molecule has 1 aromatic rings. The zero-order chi connectivity index (χ0) is 14.3. The molecule has 2 N–H and O–H groups in total. The van der Waals surface area contributed by atoms with Crippen LogP contribution in [0.3, 0.4) is 0 Å². The average Bonchev–Trinajstić information content (AvgIpc) is 2.36. The lowest BCUT2D eigenvalue weighted by atomic mass is 10.1. The van der Waals surface area contributed by atoms with E-state index in [1.165, 1.54) is 6.07 Å². The Morgan fingerprint density at radius 1 is 1.21 bits per heavy atom. The van der Waals surface area contributed by atoms with Crippen LogP contribution in [0.2, 0.25) is 0 Å². The van der Waals surface area contributed by atoms with E-state index in [1.54, 1.807) is 6.07 Å². The van der Waals surface area contributed by atoms with Crippen molar-refractivity contribution in [2.75, 3.05) is 45.2 Å². The minimum absolute atomic E-state index is 0.184. The highest BCUT2D eigenvalue weighted by molar-refractivity contribution is 5.54. The molecule has 0 heterocycles. The van der Waals surface area contributed by atoms with Crippen molar-refractivity contribution in [3.05, 3.63) is 29.6 Å². The SMILES string of the molecule is CCN(CCCN(C)C)c1ccc(F)cc1CCN. The van der Waals surface area contributed by atoms with E-state index in [-0.39, 0.29) is 5.82 Å². The van der Waals surface area contributed by atoms with E-state index in [0.29, 0.717) is 6.54 Å². The summed E-state index contributed by atoms with van der Waals surface area (Å²) in [5, 5.41) is 0. The third-order valence-electron chi connectivity index (χ3n) is 3.21. The monoisotopic (exact) mass is 267 g/mol. The van der Waals surface area contributed by atoms with Gasteiger partial charge in [-0.15, -0.1) is 0 Å². The molecule has 4 heteroatoms. The molecule has 1 aromatic carbocycles. The first-order valence-electron chi connectivity index (χ1n) is 6.96. The quantitative estimate of drug-likeness (QED) is 0.783. The molecule has 0 spiro atoms. The zero-order valence-corrected chi connectivity index (χ0v) is 12.3. The van der Waals surface area contributed by atoms with Crippen LogP contribution >= 0.6 is 0 Å². The summed E-state index contributed by atoms with van der Waals surface area (Å²) in [5.74, 6) is -0.184. The highest BCUT2D eigenvalue weighted by atomic mass is 19.1. The number of benzene rings is 1. The molecule has 0 saturated heterocycles. The number of anilines is 1. The van der Waals surface area contributed by atoms with Crippen molar-refractivity contribution in [2.45, 2.75) is 19.8 Å². The lowest BCUT2D eigenvalue weighted by molar-refractivity contribution is 0.400. The molecule has 1 rings (SSSR count). The van der Waals surface area contributed by atoms with Gasteiger partial charge in [-0.2, -0.15) is 0 Å². The minimum Gasteiger partial charge on any atom is -0.372 e. The second-order valence-corrected chi connectivity index (χ2v) is 5.05. The van der Waals surface area contributed by atoms with Gasteiger partial charge in [0.15, 0.2) is 0 Å². The summed E-state index contributed by atoms with van der Waals surface area (Å²) in [6.45, 7) is 5.65. The van der Waals surface area contributed by atoms with Gasteiger partial charge < -0.3 is 15.5 Å². The lowest BCUT2D eigenvalue weighted by Crippen LogP contribution is -2.28. The molecule has 0 radical (unpaired) electrons. The maximum absolute atomic E-state index is 13.3. The van der Waals surface area contributed by atoms with E-state index in [0.717, 1.165) is 43.7 Å². The molecule has 0 aromatic heterocycles. The Morgan fingerprint density at radius 3 is 2.53 bits per heavy atom. The molecule has 0 bridgehead atoms. The molecule has 0 unspecified atom stereocenters. The Morgan fingerprint density at radius 2 is 1.95 bits per heavy atom. The average molecular weight is 267 g/mol. The molecule has 0 aliphatic rings. The zero-order valence-electron chi connectivity index (χ0n) is 12.3. The van der Waals surface area contributed by atoms with E-state index in [9.17, 15) is 4.39 Å². The lowest BCUT2D eigenvalue weighted by Gasteiger charge is -2.26. The topological polar surface area (TPSA) is 32.5 Å². The van der Waals surface area contributed by atoms with Crippen molar-refractivity contribution in [3.63, 3.8) is 0 Å². The Bertz CT molecular complexity index is 380. The minimum atomic E-state index is -0.184. The molecule has 0 aliphatic carbocycles. The molecular weight excluding hydrogens is 241 g/mol. The molecule has 0 fully saturated rings. The van der Waals surface area contributed by atoms with Gasteiger partial charge in [0.1, 0.15) is 5.82 Å². The summed E-state index contributed by atoms with van der Waals surface area (Å²) in [6, 6.07) is 5.01. The van der Waals surface area contributed by atoms with Crippen LogP contribution in [0.1, 0.15) is 18.9 Å². The molecule has 0 amide bonds. The van der Waals surface area contributed by atoms with Crippen molar-refractivity contribution in [2.24, 2.45) is 5.73 Å². The van der Waals surface area contributed by atoms with Gasteiger partial charge in [0.25, 0.3) is 0 Å².